The van der Waals surface area contributed by atoms with E-state index in [1.54, 1.807) is 4.90 Å². The van der Waals surface area contributed by atoms with Gasteiger partial charge >= 0.3 is 12.1 Å². The third kappa shape index (κ3) is 4.63. The van der Waals surface area contributed by atoms with Crippen molar-refractivity contribution in [1.29, 1.82) is 0 Å². The van der Waals surface area contributed by atoms with E-state index in [0.29, 0.717) is 25.9 Å². The molecule has 1 aromatic rings. The summed E-state index contributed by atoms with van der Waals surface area (Å²) in [5, 5.41) is 0. The highest BCUT2D eigenvalue weighted by atomic mass is 16.6. The summed E-state index contributed by atoms with van der Waals surface area (Å²) in [5.41, 5.74) is 1.97. The van der Waals surface area contributed by atoms with Gasteiger partial charge in [-0.1, -0.05) is 42.0 Å². The highest BCUT2D eigenvalue weighted by Gasteiger charge is 2.19. The zero-order valence-corrected chi connectivity index (χ0v) is 12.1. The second-order valence-corrected chi connectivity index (χ2v) is 4.85. The standard InChI is InChI=1S/C16H19NO4/c1-20-15(18)11-13-7-9-17(10-8-13)16(19)21-12-14-5-3-2-4-6-14/h2-7H,8-12H2,1H3. The second kappa shape index (κ2) is 7.47. The van der Waals surface area contributed by atoms with Gasteiger partial charge in [0.1, 0.15) is 6.61 Å². The minimum Gasteiger partial charge on any atom is -0.469 e. The molecular weight excluding hydrogens is 270 g/mol. The van der Waals surface area contributed by atoms with Crippen LogP contribution in [0.4, 0.5) is 4.79 Å². The lowest BCUT2D eigenvalue weighted by Crippen LogP contribution is -2.35. The van der Waals surface area contributed by atoms with Crippen molar-refractivity contribution in [3.05, 3.63) is 47.5 Å². The lowest BCUT2D eigenvalue weighted by Gasteiger charge is -2.25. The molecule has 112 valence electrons. The molecule has 0 unspecified atom stereocenters. The molecule has 2 rings (SSSR count). The van der Waals surface area contributed by atoms with E-state index in [9.17, 15) is 9.59 Å². The van der Waals surface area contributed by atoms with E-state index >= 15 is 0 Å². The average molecular weight is 289 g/mol. The van der Waals surface area contributed by atoms with Gasteiger partial charge in [0.15, 0.2) is 0 Å². The molecule has 0 radical (unpaired) electrons. The minimum atomic E-state index is -0.327. The first kappa shape index (κ1) is 15.1. The molecule has 5 nitrogen and oxygen atoms in total. The molecule has 1 amide bonds. The van der Waals surface area contributed by atoms with Crippen LogP contribution >= 0.6 is 0 Å². The van der Waals surface area contributed by atoms with Crippen molar-refractivity contribution in [2.24, 2.45) is 0 Å². The second-order valence-electron chi connectivity index (χ2n) is 4.85. The number of hydrogen-bond acceptors (Lipinski definition) is 4. The number of nitrogens with zero attached hydrogens (tertiary/aromatic N) is 1. The van der Waals surface area contributed by atoms with Crippen molar-refractivity contribution < 1.29 is 19.1 Å². The normalized spacial score (nSPS) is 14.3. The SMILES string of the molecule is COC(=O)CC1=CCN(C(=O)OCc2ccccc2)CC1. The molecule has 0 spiro atoms. The number of esters is 1. The van der Waals surface area contributed by atoms with Gasteiger partial charge in [0, 0.05) is 13.1 Å². The zero-order valence-electron chi connectivity index (χ0n) is 12.1. The van der Waals surface area contributed by atoms with Crippen LogP contribution in [0.1, 0.15) is 18.4 Å². The number of amides is 1. The number of ether oxygens (including phenoxy) is 2. The molecule has 1 aliphatic heterocycles. The molecular formula is C16H19NO4. The number of benzene rings is 1. The third-order valence-electron chi connectivity index (χ3n) is 3.37. The first-order valence-corrected chi connectivity index (χ1v) is 6.89. The van der Waals surface area contributed by atoms with Crippen molar-refractivity contribution in [2.75, 3.05) is 20.2 Å². The molecule has 1 heterocycles. The Morgan fingerprint density at radius 2 is 2.00 bits per heavy atom. The van der Waals surface area contributed by atoms with Crippen molar-refractivity contribution in [3.63, 3.8) is 0 Å². The Morgan fingerprint density at radius 1 is 1.24 bits per heavy atom. The van der Waals surface area contributed by atoms with Crippen LogP contribution in [-0.2, 0) is 20.9 Å². The molecule has 0 atom stereocenters. The van der Waals surface area contributed by atoms with Gasteiger partial charge in [0.05, 0.1) is 13.5 Å². The smallest absolute Gasteiger partial charge is 0.410 e. The van der Waals surface area contributed by atoms with Gasteiger partial charge in [-0.15, -0.1) is 0 Å². The third-order valence-corrected chi connectivity index (χ3v) is 3.37. The predicted molar refractivity (Wildman–Crippen MR) is 77.5 cm³/mol. The Balaban J connectivity index is 1.79. The molecule has 21 heavy (non-hydrogen) atoms. The molecule has 0 fully saturated rings. The highest BCUT2D eigenvalue weighted by molar-refractivity contribution is 5.73. The van der Waals surface area contributed by atoms with Gasteiger partial charge in [-0.05, 0) is 12.0 Å². The Bertz CT molecular complexity index is 524. The zero-order chi connectivity index (χ0) is 15.1. The monoisotopic (exact) mass is 289 g/mol. The summed E-state index contributed by atoms with van der Waals surface area (Å²) in [4.78, 5) is 24.8. The van der Waals surface area contributed by atoms with Crippen LogP contribution < -0.4 is 0 Å². The molecule has 1 aromatic carbocycles. The summed E-state index contributed by atoms with van der Waals surface area (Å²) >= 11 is 0. The quantitative estimate of drug-likeness (QED) is 0.631. The van der Waals surface area contributed by atoms with Crippen LogP contribution in [0.3, 0.4) is 0 Å². The van der Waals surface area contributed by atoms with Crippen molar-refractivity contribution in [2.45, 2.75) is 19.4 Å². The summed E-state index contributed by atoms with van der Waals surface area (Å²) in [6.45, 7) is 1.31. The number of methoxy groups -OCH3 is 1. The van der Waals surface area contributed by atoms with E-state index in [-0.39, 0.29) is 18.7 Å². The Hall–Kier alpha value is -2.30. The average Bonchev–Trinajstić information content (AvgIpc) is 2.54. The van der Waals surface area contributed by atoms with Crippen LogP contribution in [-0.4, -0.2) is 37.2 Å². The van der Waals surface area contributed by atoms with Gasteiger partial charge in [-0.25, -0.2) is 4.79 Å². The minimum absolute atomic E-state index is 0.249. The van der Waals surface area contributed by atoms with Crippen LogP contribution in [0.2, 0.25) is 0 Å². The maximum Gasteiger partial charge on any atom is 0.410 e. The van der Waals surface area contributed by atoms with Crippen LogP contribution in [0.15, 0.2) is 42.0 Å². The van der Waals surface area contributed by atoms with Gasteiger partial charge in [0.25, 0.3) is 0 Å². The van der Waals surface area contributed by atoms with Crippen molar-refractivity contribution in [3.8, 4) is 0 Å². The van der Waals surface area contributed by atoms with Crippen LogP contribution in [0.5, 0.6) is 0 Å². The van der Waals surface area contributed by atoms with Crippen LogP contribution in [0.25, 0.3) is 0 Å². The Kier molecular flexibility index (Phi) is 5.37. The largest absolute Gasteiger partial charge is 0.469 e. The molecule has 0 aliphatic carbocycles. The number of rotatable bonds is 4. The van der Waals surface area contributed by atoms with Crippen molar-refractivity contribution >= 4 is 12.1 Å². The fourth-order valence-electron chi connectivity index (χ4n) is 2.11. The molecule has 0 aromatic heterocycles. The summed E-state index contributed by atoms with van der Waals surface area (Å²) in [7, 11) is 1.37. The topological polar surface area (TPSA) is 55.8 Å². The van der Waals surface area contributed by atoms with Gasteiger partial charge in [0.2, 0.25) is 0 Å². The molecule has 0 saturated carbocycles. The Labute approximate surface area is 124 Å². The first-order valence-electron chi connectivity index (χ1n) is 6.89. The lowest BCUT2D eigenvalue weighted by molar-refractivity contribution is -0.139. The van der Waals surface area contributed by atoms with E-state index < -0.39 is 0 Å². The summed E-state index contributed by atoms with van der Waals surface area (Å²) in [6.07, 6.45) is 2.54. The first-order chi connectivity index (χ1) is 10.2. The van der Waals surface area contributed by atoms with Crippen LogP contribution in [0, 0.1) is 0 Å². The molecule has 0 saturated heterocycles. The summed E-state index contributed by atoms with van der Waals surface area (Å²) in [6, 6.07) is 9.57. The predicted octanol–water partition coefficient (Wildman–Crippen LogP) is 2.52. The van der Waals surface area contributed by atoms with E-state index in [1.807, 2.05) is 36.4 Å². The van der Waals surface area contributed by atoms with E-state index in [0.717, 1.165) is 11.1 Å². The number of hydrogen-bond donors (Lipinski definition) is 0. The Morgan fingerprint density at radius 3 is 2.62 bits per heavy atom. The lowest BCUT2D eigenvalue weighted by atomic mass is 10.1. The summed E-state index contributed by atoms with van der Waals surface area (Å²) in [5.74, 6) is -0.249. The van der Waals surface area contributed by atoms with Gasteiger partial charge in [-0.3, -0.25) is 4.79 Å². The summed E-state index contributed by atoms with van der Waals surface area (Å²) < 4.78 is 9.90. The molecule has 1 aliphatic rings. The number of carbonyl (C=O) groups is 2. The maximum atomic E-state index is 11.9. The fraction of sp³-hybridized carbons (Fsp3) is 0.375. The van der Waals surface area contributed by atoms with Crippen molar-refractivity contribution in [1.82, 2.24) is 4.90 Å². The number of carbonyl (C=O) groups excluding carboxylic acids is 2. The molecule has 0 N–H and O–H groups in total. The maximum absolute atomic E-state index is 11.9. The highest BCUT2D eigenvalue weighted by Crippen LogP contribution is 2.16. The molecule has 0 bridgehead atoms. The van der Waals surface area contributed by atoms with Gasteiger partial charge in [-0.2, -0.15) is 0 Å². The fourth-order valence-corrected chi connectivity index (χ4v) is 2.11. The van der Waals surface area contributed by atoms with Gasteiger partial charge < -0.3 is 14.4 Å². The molecule has 5 heteroatoms. The van der Waals surface area contributed by atoms with E-state index in [2.05, 4.69) is 4.74 Å². The van der Waals surface area contributed by atoms with E-state index in [4.69, 9.17) is 4.74 Å². The van der Waals surface area contributed by atoms with E-state index in [1.165, 1.54) is 7.11 Å².